The molecule has 0 atom stereocenters. The first kappa shape index (κ1) is 11.2. The van der Waals surface area contributed by atoms with Crippen LogP contribution < -0.4 is 0 Å². The first-order chi connectivity index (χ1) is 6.72. The number of hydrogen-bond acceptors (Lipinski definition) is 2. The topological polar surface area (TPSA) is 40.5 Å². The summed E-state index contributed by atoms with van der Waals surface area (Å²) in [5, 5.41) is 8.65. The largest absolute Gasteiger partial charge is 0.481 e. The van der Waals surface area contributed by atoms with Crippen molar-refractivity contribution in [3.8, 4) is 0 Å². The fourth-order valence-electron chi connectivity index (χ4n) is 1.93. The van der Waals surface area contributed by atoms with Crippen LogP contribution in [0.3, 0.4) is 0 Å². The van der Waals surface area contributed by atoms with E-state index in [0.717, 1.165) is 38.9 Å². The molecule has 1 fully saturated rings. The highest BCUT2D eigenvalue weighted by molar-refractivity contribution is 5.67. The van der Waals surface area contributed by atoms with Crippen LogP contribution in [0, 0.1) is 5.92 Å². The lowest BCUT2D eigenvalue weighted by atomic mass is 9.93. The molecule has 0 aromatic rings. The Hall–Kier alpha value is -0.830. The van der Waals surface area contributed by atoms with Gasteiger partial charge in [-0.25, -0.2) is 0 Å². The molecule has 1 heterocycles. The summed E-state index contributed by atoms with van der Waals surface area (Å²) in [6, 6.07) is 0. The number of aliphatic carboxylic acids is 1. The van der Waals surface area contributed by atoms with Crippen LogP contribution in [0.25, 0.3) is 0 Å². The summed E-state index contributed by atoms with van der Waals surface area (Å²) in [4.78, 5) is 12.9. The van der Waals surface area contributed by atoms with Gasteiger partial charge in [0, 0.05) is 13.0 Å². The van der Waals surface area contributed by atoms with E-state index in [0.29, 0.717) is 12.3 Å². The van der Waals surface area contributed by atoms with E-state index in [2.05, 4.69) is 11.5 Å². The number of carboxylic acids is 1. The quantitative estimate of drug-likeness (QED) is 0.683. The number of likely N-dealkylation sites (tertiary alicyclic amines) is 1. The van der Waals surface area contributed by atoms with E-state index in [-0.39, 0.29) is 0 Å². The molecule has 1 aliphatic heterocycles. The molecule has 0 aromatic heterocycles. The average Bonchev–Trinajstić information content (AvgIpc) is 2.16. The van der Waals surface area contributed by atoms with E-state index < -0.39 is 5.97 Å². The van der Waals surface area contributed by atoms with Gasteiger partial charge in [0.1, 0.15) is 0 Å². The predicted molar refractivity (Wildman–Crippen MR) is 56.2 cm³/mol. The van der Waals surface area contributed by atoms with E-state index in [4.69, 9.17) is 5.11 Å². The monoisotopic (exact) mass is 197 g/mol. The van der Waals surface area contributed by atoms with Crippen molar-refractivity contribution in [1.82, 2.24) is 4.90 Å². The molecule has 0 saturated carbocycles. The highest BCUT2D eigenvalue weighted by atomic mass is 16.4. The summed E-state index contributed by atoms with van der Waals surface area (Å²) in [6.07, 6.45) is 5.37. The molecule has 3 heteroatoms. The van der Waals surface area contributed by atoms with E-state index in [9.17, 15) is 4.79 Å². The first-order valence-electron chi connectivity index (χ1n) is 5.27. The molecule has 1 saturated heterocycles. The smallest absolute Gasteiger partial charge is 0.303 e. The Balaban J connectivity index is 2.17. The van der Waals surface area contributed by atoms with Crippen LogP contribution in [-0.2, 0) is 4.79 Å². The maximum atomic E-state index is 10.5. The maximum Gasteiger partial charge on any atom is 0.303 e. The SMILES string of the molecule is C=CCCN1CCC(CC(=O)O)CC1. The normalized spacial score (nSPS) is 19.4. The molecule has 0 radical (unpaired) electrons. The second kappa shape index (κ2) is 5.81. The Labute approximate surface area is 85.4 Å². The zero-order valence-electron chi connectivity index (χ0n) is 8.61. The fourth-order valence-corrected chi connectivity index (χ4v) is 1.93. The Morgan fingerprint density at radius 3 is 2.64 bits per heavy atom. The standard InChI is InChI=1S/C11H19NO2/c1-2-3-6-12-7-4-10(5-8-12)9-11(13)14/h2,10H,1,3-9H2,(H,13,14). The van der Waals surface area contributed by atoms with Gasteiger partial charge in [0.2, 0.25) is 0 Å². The molecule has 1 N–H and O–H groups in total. The molecule has 0 spiro atoms. The van der Waals surface area contributed by atoms with Crippen molar-refractivity contribution >= 4 is 5.97 Å². The van der Waals surface area contributed by atoms with Gasteiger partial charge in [-0.15, -0.1) is 6.58 Å². The van der Waals surface area contributed by atoms with Gasteiger partial charge in [-0.2, -0.15) is 0 Å². The van der Waals surface area contributed by atoms with Crippen molar-refractivity contribution in [2.75, 3.05) is 19.6 Å². The van der Waals surface area contributed by atoms with Crippen LogP contribution in [0.2, 0.25) is 0 Å². The number of carbonyl (C=O) groups is 1. The highest BCUT2D eigenvalue weighted by Crippen LogP contribution is 2.20. The summed E-state index contributed by atoms with van der Waals surface area (Å²) in [5.74, 6) is -0.262. The van der Waals surface area contributed by atoms with E-state index >= 15 is 0 Å². The fraction of sp³-hybridized carbons (Fsp3) is 0.727. The minimum Gasteiger partial charge on any atom is -0.481 e. The number of nitrogens with zero attached hydrogens (tertiary/aromatic N) is 1. The Morgan fingerprint density at radius 2 is 2.14 bits per heavy atom. The molecule has 80 valence electrons. The minimum atomic E-state index is -0.658. The second-order valence-corrected chi connectivity index (χ2v) is 3.96. The number of rotatable bonds is 5. The van der Waals surface area contributed by atoms with Gasteiger partial charge in [-0.1, -0.05) is 6.08 Å². The van der Waals surface area contributed by atoms with Gasteiger partial charge >= 0.3 is 5.97 Å². The third-order valence-corrected chi connectivity index (χ3v) is 2.82. The molecule has 0 aliphatic carbocycles. The van der Waals surface area contributed by atoms with Gasteiger partial charge in [-0.3, -0.25) is 4.79 Å². The van der Waals surface area contributed by atoms with Crippen LogP contribution in [0.5, 0.6) is 0 Å². The van der Waals surface area contributed by atoms with E-state index in [1.165, 1.54) is 0 Å². The number of piperidine rings is 1. The summed E-state index contributed by atoms with van der Waals surface area (Å²) >= 11 is 0. The summed E-state index contributed by atoms with van der Waals surface area (Å²) in [7, 11) is 0. The van der Waals surface area contributed by atoms with Crippen molar-refractivity contribution in [3.63, 3.8) is 0 Å². The Morgan fingerprint density at radius 1 is 1.50 bits per heavy atom. The molecule has 1 aliphatic rings. The van der Waals surface area contributed by atoms with Crippen LogP contribution in [0.4, 0.5) is 0 Å². The molecule has 3 nitrogen and oxygen atoms in total. The van der Waals surface area contributed by atoms with E-state index in [1.807, 2.05) is 6.08 Å². The van der Waals surface area contributed by atoms with Crippen LogP contribution >= 0.6 is 0 Å². The lowest BCUT2D eigenvalue weighted by molar-refractivity contribution is -0.138. The van der Waals surface area contributed by atoms with Crippen LogP contribution in [-0.4, -0.2) is 35.6 Å². The zero-order valence-corrected chi connectivity index (χ0v) is 8.61. The number of hydrogen-bond donors (Lipinski definition) is 1. The molecular weight excluding hydrogens is 178 g/mol. The summed E-state index contributed by atoms with van der Waals surface area (Å²) in [6.45, 7) is 6.86. The highest BCUT2D eigenvalue weighted by Gasteiger charge is 2.20. The van der Waals surface area contributed by atoms with Crippen LogP contribution in [0.1, 0.15) is 25.7 Å². The van der Waals surface area contributed by atoms with Crippen molar-refractivity contribution in [2.24, 2.45) is 5.92 Å². The molecule has 1 rings (SSSR count). The molecule has 0 aromatic carbocycles. The maximum absolute atomic E-state index is 10.5. The molecule has 0 unspecified atom stereocenters. The first-order valence-corrected chi connectivity index (χ1v) is 5.27. The van der Waals surface area contributed by atoms with Crippen molar-refractivity contribution in [1.29, 1.82) is 0 Å². The zero-order chi connectivity index (χ0) is 10.4. The van der Waals surface area contributed by atoms with Gasteiger partial charge in [-0.05, 0) is 38.3 Å². The lowest BCUT2D eigenvalue weighted by Crippen LogP contribution is -2.34. The van der Waals surface area contributed by atoms with Crippen molar-refractivity contribution < 1.29 is 9.90 Å². The van der Waals surface area contributed by atoms with Crippen molar-refractivity contribution in [2.45, 2.75) is 25.7 Å². The number of carboxylic acid groups (broad SMARTS) is 1. The Kier molecular flexibility index (Phi) is 4.66. The van der Waals surface area contributed by atoms with Crippen molar-refractivity contribution in [3.05, 3.63) is 12.7 Å². The predicted octanol–water partition coefficient (Wildman–Crippen LogP) is 1.75. The third-order valence-electron chi connectivity index (χ3n) is 2.82. The molecule has 0 amide bonds. The summed E-state index contributed by atoms with van der Waals surface area (Å²) < 4.78 is 0. The van der Waals surface area contributed by atoms with Crippen LogP contribution in [0.15, 0.2) is 12.7 Å². The van der Waals surface area contributed by atoms with Gasteiger partial charge in [0.15, 0.2) is 0 Å². The van der Waals surface area contributed by atoms with Gasteiger partial charge in [0.25, 0.3) is 0 Å². The Bertz CT molecular complexity index is 195. The van der Waals surface area contributed by atoms with E-state index in [1.54, 1.807) is 0 Å². The van der Waals surface area contributed by atoms with Gasteiger partial charge < -0.3 is 10.0 Å². The molecular formula is C11H19NO2. The third kappa shape index (κ3) is 3.92. The molecule has 14 heavy (non-hydrogen) atoms. The average molecular weight is 197 g/mol. The summed E-state index contributed by atoms with van der Waals surface area (Å²) in [5.41, 5.74) is 0. The minimum absolute atomic E-state index is 0.343. The second-order valence-electron chi connectivity index (χ2n) is 3.96. The lowest BCUT2D eigenvalue weighted by Gasteiger charge is -2.30. The molecule has 0 bridgehead atoms. The van der Waals surface area contributed by atoms with Gasteiger partial charge in [0.05, 0.1) is 0 Å².